The van der Waals surface area contributed by atoms with Crippen molar-refractivity contribution in [1.82, 2.24) is 9.62 Å². The summed E-state index contributed by atoms with van der Waals surface area (Å²) in [6.07, 6.45) is 9.59. The van der Waals surface area contributed by atoms with Crippen LogP contribution < -0.4 is 10.0 Å². The predicted molar refractivity (Wildman–Crippen MR) is 125 cm³/mol. The Morgan fingerprint density at radius 1 is 1.06 bits per heavy atom. The average Bonchev–Trinajstić information content (AvgIpc) is 3.34. The van der Waals surface area contributed by atoms with Gasteiger partial charge in [0.1, 0.15) is 5.76 Å². The largest absolute Gasteiger partial charge is 0.447 e. The molecule has 1 saturated heterocycles. The molecule has 2 aromatic rings. The maximum Gasteiger partial charge on any atom is 0.333 e. The maximum absolute atomic E-state index is 13.0. The van der Waals surface area contributed by atoms with Crippen molar-refractivity contribution in [3.05, 3.63) is 46.2 Å². The lowest BCUT2D eigenvalue weighted by molar-refractivity contribution is 0.212. The van der Waals surface area contributed by atoms with Gasteiger partial charge in [-0.1, -0.05) is 31.4 Å². The number of piperidine rings is 1. The molecule has 0 spiro atoms. The lowest BCUT2D eigenvalue weighted by Gasteiger charge is -2.27. The number of rotatable bonds is 5. The number of hydrogen-bond donors (Lipinski definition) is 2. The van der Waals surface area contributed by atoms with Crippen molar-refractivity contribution in [3.63, 3.8) is 0 Å². The van der Waals surface area contributed by atoms with Gasteiger partial charge in [0.05, 0.1) is 0 Å². The Morgan fingerprint density at radius 2 is 1.88 bits per heavy atom. The summed E-state index contributed by atoms with van der Waals surface area (Å²) in [7, 11) is -4.09. The molecule has 33 heavy (non-hydrogen) atoms. The number of hydrogen-bond acceptors (Lipinski definition) is 5. The van der Waals surface area contributed by atoms with Gasteiger partial charge in [0.2, 0.25) is 5.09 Å². The lowest BCUT2D eigenvalue weighted by atomic mass is 9.80. The predicted octanol–water partition coefficient (Wildman–Crippen LogP) is 4.31. The topological polar surface area (TPSA) is 91.7 Å². The Morgan fingerprint density at radius 3 is 2.64 bits per heavy atom. The monoisotopic (exact) mass is 469 g/mol. The summed E-state index contributed by atoms with van der Waals surface area (Å²) >= 11 is 0. The number of fused-ring (bicyclic) bond motifs is 3. The van der Waals surface area contributed by atoms with Gasteiger partial charge in [0.25, 0.3) is 10.0 Å². The molecular formula is C25H31N3O4S. The Balaban J connectivity index is 1.22. The normalized spacial score (nSPS) is 24.0. The number of benzene rings is 1. The van der Waals surface area contributed by atoms with Crippen LogP contribution in [0.2, 0.25) is 0 Å². The van der Waals surface area contributed by atoms with E-state index in [1.807, 2.05) is 0 Å². The van der Waals surface area contributed by atoms with Gasteiger partial charge in [0.15, 0.2) is 0 Å². The summed E-state index contributed by atoms with van der Waals surface area (Å²) < 4.78 is 34.1. The minimum Gasteiger partial charge on any atom is -0.447 e. The first-order chi connectivity index (χ1) is 16.0. The first kappa shape index (κ1) is 21.2. The summed E-state index contributed by atoms with van der Waals surface area (Å²) in [6.45, 7) is 2.74. The summed E-state index contributed by atoms with van der Waals surface area (Å²) in [6, 6.07) is 5.17. The molecule has 0 radical (unpaired) electrons. The summed E-state index contributed by atoms with van der Waals surface area (Å²) in [4.78, 5) is 15.2. The molecule has 8 heteroatoms. The first-order valence-electron chi connectivity index (χ1n) is 12.3. The highest BCUT2D eigenvalue weighted by atomic mass is 32.2. The third kappa shape index (κ3) is 3.97. The van der Waals surface area contributed by atoms with Crippen LogP contribution in [0, 0.1) is 5.92 Å². The number of anilines is 1. The van der Waals surface area contributed by atoms with E-state index in [0.717, 1.165) is 79.8 Å². The zero-order valence-corrected chi connectivity index (χ0v) is 19.7. The SMILES string of the molecule is O=C(Nc1c(CC2CCC2)ccc2c1CCC2)NS(=O)(=O)c1cc2c(o1)C1CCN(CC1)C2. The fourth-order valence-electron chi connectivity index (χ4n) is 5.97. The van der Waals surface area contributed by atoms with Crippen molar-refractivity contribution in [2.24, 2.45) is 5.92 Å². The van der Waals surface area contributed by atoms with Crippen LogP contribution in [0.4, 0.5) is 10.5 Å². The quantitative estimate of drug-likeness (QED) is 0.681. The number of aryl methyl sites for hydroxylation is 1. The fourth-order valence-corrected chi connectivity index (χ4v) is 6.87. The molecule has 2 N–H and O–H groups in total. The van der Waals surface area contributed by atoms with Crippen molar-refractivity contribution in [3.8, 4) is 0 Å². The molecule has 1 aromatic carbocycles. The molecule has 4 heterocycles. The molecule has 7 rings (SSSR count). The molecule has 2 amide bonds. The van der Waals surface area contributed by atoms with E-state index in [4.69, 9.17) is 4.42 Å². The van der Waals surface area contributed by atoms with Crippen LogP contribution in [0.3, 0.4) is 0 Å². The van der Waals surface area contributed by atoms with E-state index in [9.17, 15) is 13.2 Å². The summed E-state index contributed by atoms with van der Waals surface area (Å²) in [5, 5.41) is 2.75. The van der Waals surface area contributed by atoms with Crippen LogP contribution >= 0.6 is 0 Å². The third-order valence-electron chi connectivity index (χ3n) is 8.00. The van der Waals surface area contributed by atoms with Crippen molar-refractivity contribution in [2.75, 3.05) is 18.4 Å². The van der Waals surface area contributed by atoms with Gasteiger partial charge in [-0.2, -0.15) is 8.42 Å². The first-order valence-corrected chi connectivity index (χ1v) is 13.8. The van der Waals surface area contributed by atoms with Gasteiger partial charge in [-0.05, 0) is 74.2 Å². The van der Waals surface area contributed by atoms with E-state index in [2.05, 4.69) is 27.1 Å². The molecular weight excluding hydrogens is 438 g/mol. The van der Waals surface area contributed by atoms with Gasteiger partial charge in [-0.15, -0.1) is 0 Å². The Kier molecular flexibility index (Phi) is 5.25. The summed E-state index contributed by atoms with van der Waals surface area (Å²) in [5.74, 6) is 1.69. The van der Waals surface area contributed by atoms with Crippen molar-refractivity contribution >= 4 is 21.7 Å². The van der Waals surface area contributed by atoms with Crippen molar-refractivity contribution in [1.29, 1.82) is 0 Å². The second kappa shape index (κ2) is 8.17. The molecule has 0 atom stereocenters. The van der Waals surface area contributed by atoms with E-state index in [-0.39, 0.29) is 11.0 Å². The highest BCUT2D eigenvalue weighted by Gasteiger charge is 2.34. The van der Waals surface area contributed by atoms with E-state index in [1.54, 1.807) is 6.07 Å². The molecule has 3 aliphatic heterocycles. The van der Waals surface area contributed by atoms with Crippen molar-refractivity contribution < 1.29 is 17.6 Å². The minimum atomic E-state index is -4.09. The number of amides is 2. The number of nitrogens with zero attached hydrogens (tertiary/aromatic N) is 1. The molecule has 2 aliphatic carbocycles. The number of furan rings is 1. The molecule has 2 bridgehead atoms. The van der Waals surface area contributed by atoms with E-state index >= 15 is 0 Å². The average molecular weight is 470 g/mol. The van der Waals surface area contributed by atoms with Crippen LogP contribution in [0.25, 0.3) is 0 Å². The fraction of sp³-hybridized carbons (Fsp3) is 0.560. The van der Waals surface area contributed by atoms with Crippen LogP contribution in [-0.2, 0) is 35.8 Å². The zero-order valence-electron chi connectivity index (χ0n) is 18.9. The number of urea groups is 1. The molecule has 5 aliphatic rings. The van der Waals surface area contributed by atoms with Crippen LogP contribution in [0.5, 0.6) is 0 Å². The van der Waals surface area contributed by atoms with Gasteiger partial charge >= 0.3 is 6.03 Å². The molecule has 7 nitrogen and oxygen atoms in total. The minimum absolute atomic E-state index is 0.163. The lowest BCUT2D eigenvalue weighted by Crippen LogP contribution is -2.35. The third-order valence-corrected chi connectivity index (χ3v) is 9.19. The number of carbonyl (C=O) groups excluding carboxylic acids is 1. The van der Waals surface area contributed by atoms with Gasteiger partial charge in [-0.3, -0.25) is 4.90 Å². The smallest absolute Gasteiger partial charge is 0.333 e. The molecule has 1 saturated carbocycles. The number of nitrogens with one attached hydrogen (secondary N) is 2. The standard InChI is InChI=1S/C25H31N3O4S/c29-25(26-23-19(13-16-3-1-4-16)8-7-17-5-2-6-21(17)23)27-33(30,31)22-14-20-15-28-11-9-18(10-12-28)24(20)32-22/h7-8,14,16,18H,1-6,9-13,15H2,(H2,26,27,29). The van der Waals surface area contributed by atoms with Crippen LogP contribution in [0.15, 0.2) is 27.7 Å². The number of sulfonamides is 1. The van der Waals surface area contributed by atoms with Crippen LogP contribution in [0.1, 0.15) is 72.5 Å². The highest BCUT2D eigenvalue weighted by molar-refractivity contribution is 7.89. The maximum atomic E-state index is 13.0. The Hall–Kier alpha value is -2.32. The van der Waals surface area contributed by atoms with Gasteiger partial charge < -0.3 is 9.73 Å². The van der Waals surface area contributed by atoms with E-state index < -0.39 is 16.1 Å². The number of carbonyl (C=O) groups is 1. The highest BCUT2D eigenvalue weighted by Crippen LogP contribution is 2.39. The second-order valence-electron chi connectivity index (χ2n) is 10.2. The van der Waals surface area contributed by atoms with Crippen LogP contribution in [-0.4, -0.2) is 32.4 Å². The summed E-state index contributed by atoms with van der Waals surface area (Å²) in [5.41, 5.74) is 5.27. The van der Waals surface area contributed by atoms with Gasteiger partial charge in [0, 0.05) is 29.8 Å². The Labute approximate surface area is 195 Å². The van der Waals surface area contributed by atoms with Crippen molar-refractivity contribution in [2.45, 2.75) is 75.3 Å². The molecule has 1 aromatic heterocycles. The second-order valence-corrected chi connectivity index (χ2v) is 11.8. The molecule has 176 valence electrons. The zero-order chi connectivity index (χ0) is 22.6. The van der Waals surface area contributed by atoms with E-state index in [0.29, 0.717) is 12.5 Å². The molecule has 0 unspecified atom stereocenters. The Bertz CT molecular complexity index is 1190. The van der Waals surface area contributed by atoms with E-state index in [1.165, 1.54) is 24.8 Å². The van der Waals surface area contributed by atoms with Gasteiger partial charge in [-0.25, -0.2) is 9.52 Å². The molecule has 2 fully saturated rings.